The van der Waals surface area contributed by atoms with E-state index in [-0.39, 0.29) is 21.8 Å². The SMILES string of the molecule is Cc1cc(Nc2ncc(Cl)c(Nc3ccccc3S(=O)(=O)C(C)C)n2)c(OC(C)C)cc1C. The number of ether oxygens (including phenoxy) is 1. The van der Waals surface area contributed by atoms with Gasteiger partial charge < -0.3 is 15.4 Å². The second-order valence-corrected chi connectivity index (χ2v) is 11.2. The molecule has 1 aromatic heterocycles. The number of sulfone groups is 1. The maximum Gasteiger partial charge on any atom is 0.229 e. The topological polar surface area (TPSA) is 93.2 Å². The second kappa shape index (κ2) is 9.97. The first-order valence-electron chi connectivity index (χ1n) is 10.7. The molecule has 0 saturated heterocycles. The average Bonchev–Trinajstić information content (AvgIpc) is 2.74. The van der Waals surface area contributed by atoms with Crippen LogP contribution in [0.25, 0.3) is 0 Å². The van der Waals surface area contributed by atoms with Crippen LogP contribution in [0.1, 0.15) is 38.8 Å². The molecule has 0 spiro atoms. The molecule has 0 radical (unpaired) electrons. The molecule has 2 aromatic carbocycles. The number of aryl methyl sites for hydroxylation is 2. The quantitative estimate of drug-likeness (QED) is 0.389. The van der Waals surface area contributed by atoms with Crippen LogP contribution in [0.15, 0.2) is 47.5 Å². The number of benzene rings is 2. The zero-order valence-corrected chi connectivity index (χ0v) is 21.2. The molecule has 176 valence electrons. The van der Waals surface area contributed by atoms with Gasteiger partial charge in [0.1, 0.15) is 10.8 Å². The van der Waals surface area contributed by atoms with Gasteiger partial charge in [0, 0.05) is 0 Å². The number of halogens is 1. The maximum absolute atomic E-state index is 12.8. The van der Waals surface area contributed by atoms with E-state index in [1.54, 1.807) is 38.1 Å². The number of rotatable bonds is 8. The molecule has 0 unspecified atom stereocenters. The zero-order chi connectivity index (χ0) is 24.3. The summed E-state index contributed by atoms with van der Waals surface area (Å²) in [5, 5.41) is 5.95. The van der Waals surface area contributed by atoms with Gasteiger partial charge in [-0.15, -0.1) is 0 Å². The van der Waals surface area contributed by atoms with Gasteiger partial charge in [0.2, 0.25) is 5.95 Å². The molecule has 9 heteroatoms. The van der Waals surface area contributed by atoms with Crippen molar-refractivity contribution in [3.63, 3.8) is 0 Å². The molecule has 3 aromatic rings. The van der Waals surface area contributed by atoms with Crippen LogP contribution in [0.4, 0.5) is 23.1 Å². The highest BCUT2D eigenvalue weighted by molar-refractivity contribution is 7.92. The van der Waals surface area contributed by atoms with Crippen molar-refractivity contribution in [1.29, 1.82) is 0 Å². The fraction of sp³-hybridized carbons (Fsp3) is 0.333. The third-order valence-electron chi connectivity index (χ3n) is 5.02. The largest absolute Gasteiger partial charge is 0.489 e. The van der Waals surface area contributed by atoms with Gasteiger partial charge in [-0.2, -0.15) is 4.98 Å². The van der Waals surface area contributed by atoms with Gasteiger partial charge in [-0.05, 0) is 76.9 Å². The van der Waals surface area contributed by atoms with Crippen LogP contribution in [0.3, 0.4) is 0 Å². The molecule has 7 nitrogen and oxygen atoms in total. The van der Waals surface area contributed by atoms with Crippen LogP contribution >= 0.6 is 11.6 Å². The molecule has 0 amide bonds. The average molecular weight is 489 g/mol. The summed E-state index contributed by atoms with van der Waals surface area (Å²) in [6.45, 7) is 11.3. The summed E-state index contributed by atoms with van der Waals surface area (Å²) in [7, 11) is -3.51. The number of aromatic nitrogens is 2. The highest BCUT2D eigenvalue weighted by atomic mass is 35.5. The minimum atomic E-state index is -3.51. The minimum Gasteiger partial charge on any atom is -0.489 e. The van der Waals surface area contributed by atoms with E-state index in [1.165, 1.54) is 6.20 Å². The lowest BCUT2D eigenvalue weighted by atomic mass is 10.1. The van der Waals surface area contributed by atoms with Crippen molar-refractivity contribution in [2.75, 3.05) is 10.6 Å². The Labute approximate surface area is 200 Å². The first-order chi connectivity index (χ1) is 15.5. The lowest BCUT2D eigenvalue weighted by molar-refractivity contribution is 0.243. The smallest absolute Gasteiger partial charge is 0.229 e. The Morgan fingerprint density at radius 2 is 1.64 bits per heavy atom. The van der Waals surface area contributed by atoms with Crippen molar-refractivity contribution in [2.24, 2.45) is 0 Å². The van der Waals surface area contributed by atoms with Crippen molar-refractivity contribution in [3.8, 4) is 5.75 Å². The van der Waals surface area contributed by atoms with Crippen molar-refractivity contribution in [3.05, 3.63) is 58.7 Å². The number of nitrogens with zero attached hydrogens (tertiary/aromatic N) is 2. The summed E-state index contributed by atoms with van der Waals surface area (Å²) < 4.78 is 31.5. The predicted molar refractivity (Wildman–Crippen MR) is 134 cm³/mol. The van der Waals surface area contributed by atoms with Gasteiger partial charge >= 0.3 is 0 Å². The van der Waals surface area contributed by atoms with Crippen LogP contribution in [-0.4, -0.2) is 29.7 Å². The Kier molecular flexibility index (Phi) is 7.49. The third-order valence-corrected chi connectivity index (χ3v) is 7.50. The molecule has 0 aliphatic carbocycles. The van der Waals surface area contributed by atoms with Crippen molar-refractivity contribution < 1.29 is 13.2 Å². The van der Waals surface area contributed by atoms with E-state index in [0.717, 1.165) is 16.8 Å². The van der Waals surface area contributed by atoms with Crippen LogP contribution < -0.4 is 15.4 Å². The van der Waals surface area contributed by atoms with Crippen LogP contribution in [-0.2, 0) is 9.84 Å². The predicted octanol–water partition coefficient (Wildman–Crippen LogP) is 6.20. The number of hydrogen-bond acceptors (Lipinski definition) is 7. The van der Waals surface area contributed by atoms with Crippen LogP contribution in [0, 0.1) is 13.8 Å². The zero-order valence-electron chi connectivity index (χ0n) is 19.6. The summed E-state index contributed by atoms with van der Waals surface area (Å²) in [5.74, 6) is 1.27. The Hall–Kier alpha value is -2.84. The number of hydrogen-bond donors (Lipinski definition) is 2. The first-order valence-corrected chi connectivity index (χ1v) is 12.6. The maximum atomic E-state index is 12.8. The van der Waals surface area contributed by atoms with E-state index in [9.17, 15) is 8.42 Å². The van der Waals surface area contributed by atoms with Gasteiger partial charge in [-0.3, -0.25) is 0 Å². The molecule has 1 heterocycles. The monoisotopic (exact) mass is 488 g/mol. The van der Waals surface area contributed by atoms with E-state index in [0.29, 0.717) is 17.4 Å². The number of nitrogens with one attached hydrogen (secondary N) is 2. The van der Waals surface area contributed by atoms with E-state index in [1.807, 2.05) is 39.8 Å². The van der Waals surface area contributed by atoms with Crippen molar-refractivity contribution in [2.45, 2.75) is 57.8 Å². The standard InChI is InChI=1S/C24H29ClN4O3S/c1-14(2)32-21-12-17(6)16(5)11-20(21)28-24-26-13-18(25)23(29-24)27-19-9-7-8-10-22(19)33(30,31)15(3)4/h7-15H,1-6H3,(H2,26,27,28,29). The molecule has 0 aliphatic heterocycles. The molecule has 2 N–H and O–H groups in total. The van der Waals surface area contributed by atoms with Gasteiger partial charge in [0.15, 0.2) is 15.7 Å². The normalized spacial score (nSPS) is 11.7. The Bertz CT molecular complexity index is 1260. The Balaban J connectivity index is 1.97. The lowest BCUT2D eigenvalue weighted by Crippen LogP contribution is -2.15. The summed E-state index contributed by atoms with van der Waals surface area (Å²) in [6.07, 6.45) is 1.46. The first kappa shape index (κ1) is 24.8. The molecule has 0 aliphatic rings. The van der Waals surface area contributed by atoms with Gasteiger partial charge in [-0.25, -0.2) is 13.4 Å². The third kappa shape index (κ3) is 5.75. The minimum absolute atomic E-state index is 0.00423. The van der Waals surface area contributed by atoms with Crippen molar-refractivity contribution in [1.82, 2.24) is 9.97 Å². The van der Waals surface area contributed by atoms with E-state index in [4.69, 9.17) is 16.3 Å². The van der Waals surface area contributed by atoms with Crippen molar-refractivity contribution >= 4 is 44.6 Å². The van der Waals surface area contributed by atoms with Gasteiger partial charge in [-0.1, -0.05) is 23.7 Å². The molecular weight excluding hydrogens is 460 g/mol. The second-order valence-electron chi connectivity index (χ2n) is 8.33. The highest BCUT2D eigenvalue weighted by Crippen LogP contribution is 2.33. The Morgan fingerprint density at radius 3 is 2.30 bits per heavy atom. The molecule has 0 fully saturated rings. The van der Waals surface area contributed by atoms with Crippen LogP contribution in [0.2, 0.25) is 5.02 Å². The van der Waals surface area contributed by atoms with Gasteiger partial charge in [0.25, 0.3) is 0 Å². The van der Waals surface area contributed by atoms with E-state index < -0.39 is 15.1 Å². The lowest BCUT2D eigenvalue weighted by Gasteiger charge is -2.18. The summed E-state index contributed by atoms with van der Waals surface area (Å²) in [6, 6.07) is 10.6. The molecule has 3 rings (SSSR count). The number of anilines is 4. The van der Waals surface area contributed by atoms with Crippen LogP contribution in [0.5, 0.6) is 5.75 Å². The molecule has 33 heavy (non-hydrogen) atoms. The number of para-hydroxylation sites is 1. The molecular formula is C24H29ClN4O3S. The fourth-order valence-electron chi connectivity index (χ4n) is 3.07. The van der Waals surface area contributed by atoms with E-state index >= 15 is 0 Å². The summed E-state index contributed by atoms with van der Waals surface area (Å²) >= 11 is 6.33. The fourth-order valence-corrected chi connectivity index (χ4v) is 4.41. The summed E-state index contributed by atoms with van der Waals surface area (Å²) in [5.41, 5.74) is 3.32. The van der Waals surface area contributed by atoms with E-state index in [2.05, 4.69) is 20.6 Å². The Morgan fingerprint density at radius 1 is 0.970 bits per heavy atom. The highest BCUT2D eigenvalue weighted by Gasteiger charge is 2.23. The van der Waals surface area contributed by atoms with Gasteiger partial charge in [0.05, 0.1) is 33.8 Å². The molecule has 0 saturated carbocycles. The summed E-state index contributed by atoms with van der Waals surface area (Å²) in [4.78, 5) is 8.95. The molecule has 0 atom stereocenters. The molecule has 0 bridgehead atoms.